The molecule has 4 rings (SSSR count). The number of carbonyl (C=O) groups excluding carboxylic acids is 1. The number of imidazole rings is 1. The average molecular weight is 298 g/mol. The summed E-state index contributed by atoms with van der Waals surface area (Å²) in [5.41, 5.74) is 4.77. The Balaban J connectivity index is 1.64. The molecule has 0 radical (unpaired) electrons. The van der Waals surface area contributed by atoms with Crippen LogP contribution in [0.25, 0.3) is 11.0 Å². The summed E-state index contributed by atoms with van der Waals surface area (Å²) in [6.45, 7) is 3.33. The lowest BCUT2D eigenvalue weighted by Gasteiger charge is -2.32. The maximum absolute atomic E-state index is 12.5. The van der Waals surface area contributed by atoms with Gasteiger partial charge in [0, 0.05) is 37.9 Å². The molecule has 0 spiro atoms. The molecule has 0 aliphatic carbocycles. The van der Waals surface area contributed by atoms with Crippen molar-refractivity contribution in [3.63, 3.8) is 0 Å². The second-order valence-electron chi connectivity index (χ2n) is 6.40. The van der Waals surface area contributed by atoms with Crippen LogP contribution < -0.4 is 4.90 Å². The van der Waals surface area contributed by atoms with E-state index in [0.29, 0.717) is 6.54 Å². The second-order valence-corrected chi connectivity index (χ2v) is 6.40. The van der Waals surface area contributed by atoms with E-state index in [1.165, 1.54) is 16.8 Å². The van der Waals surface area contributed by atoms with Crippen LogP contribution in [0, 0.1) is 0 Å². The molecule has 0 unspecified atom stereocenters. The number of aryl methyl sites for hydroxylation is 2. The third-order valence-electron chi connectivity index (χ3n) is 4.96. The number of likely N-dealkylation sites (tertiary alicyclic amines) is 1. The summed E-state index contributed by atoms with van der Waals surface area (Å²) >= 11 is 0. The van der Waals surface area contributed by atoms with Crippen molar-refractivity contribution in [1.82, 2.24) is 14.5 Å². The Kier molecular flexibility index (Phi) is 3.28. The van der Waals surface area contributed by atoms with Crippen LogP contribution in [0.4, 0.5) is 5.69 Å². The SMILES string of the molecule is Cn1cnc2c3c(ccc21)N(CC(=O)N1CCCC1)CCC3. The van der Waals surface area contributed by atoms with Gasteiger partial charge < -0.3 is 14.4 Å². The van der Waals surface area contributed by atoms with Crippen molar-refractivity contribution in [2.24, 2.45) is 7.05 Å². The smallest absolute Gasteiger partial charge is 0.242 e. The molecule has 0 atom stereocenters. The molecule has 0 bridgehead atoms. The van der Waals surface area contributed by atoms with Crippen molar-refractivity contribution >= 4 is 22.6 Å². The fraction of sp³-hybridized carbons (Fsp3) is 0.529. The quantitative estimate of drug-likeness (QED) is 0.851. The van der Waals surface area contributed by atoms with Gasteiger partial charge >= 0.3 is 0 Å². The predicted octanol–water partition coefficient (Wildman–Crippen LogP) is 1.95. The Morgan fingerprint density at radius 2 is 2.00 bits per heavy atom. The van der Waals surface area contributed by atoms with E-state index in [4.69, 9.17) is 0 Å². The summed E-state index contributed by atoms with van der Waals surface area (Å²) in [4.78, 5) is 21.3. The monoisotopic (exact) mass is 298 g/mol. The maximum Gasteiger partial charge on any atom is 0.242 e. The van der Waals surface area contributed by atoms with Crippen molar-refractivity contribution in [3.05, 3.63) is 24.0 Å². The number of anilines is 1. The zero-order chi connectivity index (χ0) is 15.1. The summed E-state index contributed by atoms with van der Waals surface area (Å²) < 4.78 is 2.06. The Bertz CT molecular complexity index is 715. The van der Waals surface area contributed by atoms with Gasteiger partial charge in [-0.2, -0.15) is 0 Å². The van der Waals surface area contributed by atoms with Gasteiger partial charge in [0.15, 0.2) is 0 Å². The Hall–Kier alpha value is -2.04. The maximum atomic E-state index is 12.5. The van der Waals surface area contributed by atoms with Crippen LogP contribution >= 0.6 is 0 Å². The predicted molar refractivity (Wildman–Crippen MR) is 87.1 cm³/mol. The number of amides is 1. The van der Waals surface area contributed by atoms with Crippen LogP contribution in [0.5, 0.6) is 0 Å². The molecule has 1 saturated heterocycles. The Labute approximate surface area is 130 Å². The van der Waals surface area contributed by atoms with Gasteiger partial charge in [-0.1, -0.05) is 0 Å². The molecule has 3 heterocycles. The molecule has 5 heteroatoms. The van der Waals surface area contributed by atoms with E-state index in [1.807, 2.05) is 18.3 Å². The molecule has 1 amide bonds. The van der Waals surface area contributed by atoms with Crippen molar-refractivity contribution in [1.29, 1.82) is 0 Å². The zero-order valence-corrected chi connectivity index (χ0v) is 13.1. The highest BCUT2D eigenvalue weighted by Crippen LogP contribution is 2.32. The summed E-state index contributed by atoms with van der Waals surface area (Å²) in [5.74, 6) is 0.270. The van der Waals surface area contributed by atoms with Gasteiger partial charge in [-0.15, -0.1) is 0 Å². The Morgan fingerprint density at radius 3 is 2.82 bits per heavy atom. The second kappa shape index (κ2) is 5.30. The van der Waals surface area contributed by atoms with E-state index in [0.717, 1.165) is 50.8 Å². The van der Waals surface area contributed by atoms with Crippen LogP contribution in [0.1, 0.15) is 24.8 Å². The van der Waals surface area contributed by atoms with Crippen molar-refractivity contribution in [2.75, 3.05) is 31.1 Å². The molecule has 0 saturated carbocycles. The summed E-state index contributed by atoms with van der Waals surface area (Å²) in [6, 6.07) is 4.29. The molecule has 1 aromatic heterocycles. The standard InChI is InChI=1S/C17H22N4O/c1-19-12-18-17-13-5-4-10-21(14(13)6-7-15(17)19)11-16(22)20-8-2-3-9-20/h6-7,12H,2-5,8-11H2,1H3. The van der Waals surface area contributed by atoms with E-state index in [1.54, 1.807) is 0 Å². The van der Waals surface area contributed by atoms with Crippen LogP contribution in [0.15, 0.2) is 18.5 Å². The minimum Gasteiger partial charge on any atom is -0.362 e. The highest BCUT2D eigenvalue weighted by Gasteiger charge is 2.25. The molecule has 5 nitrogen and oxygen atoms in total. The minimum absolute atomic E-state index is 0.270. The first-order valence-electron chi connectivity index (χ1n) is 8.19. The van der Waals surface area contributed by atoms with E-state index >= 15 is 0 Å². The number of benzene rings is 1. The third-order valence-corrected chi connectivity index (χ3v) is 4.96. The number of fused-ring (bicyclic) bond motifs is 3. The third kappa shape index (κ3) is 2.16. The molecular weight excluding hydrogens is 276 g/mol. The summed E-state index contributed by atoms with van der Waals surface area (Å²) in [7, 11) is 2.03. The normalized spacial score (nSPS) is 18.0. The molecule has 1 aromatic carbocycles. The van der Waals surface area contributed by atoms with E-state index < -0.39 is 0 Å². The largest absolute Gasteiger partial charge is 0.362 e. The number of rotatable bonds is 2. The van der Waals surface area contributed by atoms with Crippen LogP contribution in [-0.2, 0) is 18.3 Å². The summed E-state index contributed by atoms with van der Waals surface area (Å²) in [6.07, 6.45) is 6.32. The van der Waals surface area contributed by atoms with Crippen molar-refractivity contribution in [3.8, 4) is 0 Å². The first-order valence-corrected chi connectivity index (χ1v) is 8.19. The molecule has 1 fully saturated rings. The Morgan fingerprint density at radius 1 is 1.18 bits per heavy atom. The average Bonchev–Trinajstić information content (AvgIpc) is 3.18. The topological polar surface area (TPSA) is 41.4 Å². The molecule has 2 aliphatic heterocycles. The zero-order valence-electron chi connectivity index (χ0n) is 13.1. The molecule has 2 aromatic rings. The number of hydrogen-bond acceptors (Lipinski definition) is 3. The minimum atomic E-state index is 0.270. The van der Waals surface area contributed by atoms with Gasteiger partial charge in [0.1, 0.15) is 0 Å². The van der Waals surface area contributed by atoms with Gasteiger partial charge in [-0.25, -0.2) is 4.98 Å². The first kappa shape index (κ1) is 13.6. The molecular formula is C17H22N4O. The van der Waals surface area contributed by atoms with Gasteiger partial charge in [0.05, 0.1) is 23.9 Å². The number of nitrogens with zero attached hydrogens (tertiary/aromatic N) is 4. The van der Waals surface area contributed by atoms with Crippen LogP contribution in [-0.4, -0.2) is 46.5 Å². The van der Waals surface area contributed by atoms with E-state index in [2.05, 4.69) is 26.6 Å². The lowest BCUT2D eigenvalue weighted by Crippen LogP contribution is -2.41. The number of carbonyl (C=O) groups is 1. The van der Waals surface area contributed by atoms with Crippen LogP contribution in [0.2, 0.25) is 0 Å². The molecule has 0 N–H and O–H groups in total. The number of aromatic nitrogens is 2. The molecule has 2 aliphatic rings. The summed E-state index contributed by atoms with van der Waals surface area (Å²) in [5, 5.41) is 0. The molecule has 22 heavy (non-hydrogen) atoms. The fourth-order valence-electron chi connectivity index (χ4n) is 3.75. The highest BCUT2D eigenvalue weighted by atomic mass is 16.2. The lowest BCUT2D eigenvalue weighted by molar-refractivity contribution is -0.128. The van der Waals surface area contributed by atoms with Gasteiger partial charge in [0.2, 0.25) is 5.91 Å². The van der Waals surface area contributed by atoms with Crippen molar-refractivity contribution < 1.29 is 4.79 Å². The van der Waals surface area contributed by atoms with Crippen molar-refractivity contribution in [2.45, 2.75) is 25.7 Å². The highest BCUT2D eigenvalue weighted by molar-refractivity contribution is 5.88. The van der Waals surface area contributed by atoms with E-state index in [9.17, 15) is 4.79 Å². The lowest BCUT2D eigenvalue weighted by atomic mass is 10.00. The van der Waals surface area contributed by atoms with Gasteiger partial charge in [-0.3, -0.25) is 4.79 Å². The number of hydrogen-bond donors (Lipinski definition) is 0. The fourth-order valence-corrected chi connectivity index (χ4v) is 3.75. The van der Waals surface area contributed by atoms with E-state index in [-0.39, 0.29) is 5.91 Å². The first-order chi connectivity index (χ1) is 10.7. The van der Waals surface area contributed by atoms with Gasteiger partial charge in [-0.05, 0) is 37.8 Å². The van der Waals surface area contributed by atoms with Crippen LogP contribution in [0.3, 0.4) is 0 Å². The molecule has 116 valence electrons. The van der Waals surface area contributed by atoms with Gasteiger partial charge in [0.25, 0.3) is 0 Å².